The number of benzene rings is 2. The molecule has 0 aliphatic carbocycles. The van der Waals surface area contributed by atoms with E-state index in [1.54, 1.807) is 0 Å². The van der Waals surface area contributed by atoms with Gasteiger partial charge in [-0.1, -0.05) is 48.5 Å². The van der Waals surface area contributed by atoms with Crippen LogP contribution < -0.4 is 0 Å². The molecule has 2 aromatic carbocycles. The largest absolute Gasteiger partial charge is 0.345 e. The first kappa shape index (κ1) is 16.8. The van der Waals surface area contributed by atoms with Gasteiger partial charge in [-0.3, -0.25) is 9.59 Å². The average molecular weight is 348 g/mol. The smallest absolute Gasteiger partial charge is 0.254 e. The first-order valence-corrected chi connectivity index (χ1v) is 9.18. The zero-order chi connectivity index (χ0) is 18.3. The van der Waals surface area contributed by atoms with Crippen molar-refractivity contribution in [2.24, 2.45) is 5.41 Å². The number of likely N-dealkylation sites (tertiary alicyclic amines) is 2. The quantitative estimate of drug-likeness (QED) is 0.837. The van der Waals surface area contributed by atoms with Crippen molar-refractivity contribution in [1.82, 2.24) is 9.80 Å². The summed E-state index contributed by atoms with van der Waals surface area (Å²) in [5.74, 6) is 0.344. The van der Waals surface area contributed by atoms with E-state index in [0.717, 1.165) is 24.1 Å². The molecule has 4 nitrogen and oxygen atoms in total. The van der Waals surface area contributed by atoms with Crippen molar-refractivity contribution in [1.29, 1.82) is 0 Å². The third-order valence-corrected chi connectivity index (χ3v) is 6.06. The lowest BCUT2D eigenvalue weighted by atomic mass is 9.73. The molecule has 2 heterocycles. The van der Waals surface area contributed by atoms with E-state index < -0.39 is 5.41 Å². The summed E-state index contributed by atoms with van der Waals surface area (Å²) in [4.78, 5) is 29.8. The second-order valence-electron chi connectivity index (χ2n) is 7.60. The van der Waals surface area contributed by atoms with Gasteiger partial charge in [-0.05, 0) is 30.5 Å². The molecule has 0 bridgehead atoms. The third kappa shape index (κ3) is 2.52. The van der Waals surface area contributed by atoms with Crippen LogP contribution in [-0.4, -0.2) is 48.3 Å². The van der Waals surface area contributed by atoms with Gasteiger partial charge in [0.1, 0.15) is 0 Å². The molecule has 2 aliphatic rings. The lowest BCUT2D eigenvalue weighted by molar-refractivity contribution is -0.134. The zero-order valence-electron chi connectivity index (χ0n) is 15.3. The molecule has 0 saturated carbocycles. The second kappa shape index (κ2) is 6.27. The lowest BCUT2D eigenvalue weighted by Crippen LogP contribution is -2.39. The van der Waals surface area contributed by atoms with Gasteiger partial charge in [0.2, 0.25) is 5.91 Å². The molecule has 0 aromatic heterocycles. The summed E-state index contributed by atoms with van der Waals surface area (Å²) in [6.45, 7) is 3.81. The van der Waals surface area contributed by atoms with Crippen LogP contribution in [0.4, 0.5) is 0 Å². The van der Waals surface area contributed by atoms with Crippen LogP contribution in [0.5, 0.6) is 0 Å². The Kier molecular flexibility index (Phi) is 4.06. The monoisotopic (exact) mass is 348 g/mol. The Morgan fingerprint density at radius 2 is 1.77 bits per heavy atom. The van der Waals surface area contributed by atoms with E-state index in [2.05, 4.69) is 12.1 Å². The Morgan fingerprint density at radius 3 is 2.50 bits per heavy atom. The van der Waals surface area contributed by atoms with Crippen LogP contribution in [0.1, 0.15) is 33.8 Å². The fourth-order valence-electron chi connectivity index (χ4n) is 4.62. The standard InChI is InChI=1S/C22H24N2O2/c1-16-8-6-7-11-18(16)20(25)24-13-12-22(15-24)19(14-23(2)21(22)26)17-9-4-3-5-10-17/h3-11,19H,12-15H2,1-2H3/t19-,22+/m1/s1. The molecular formula is C22H24N2O2. The number of hydrogen-bond donors (Lipinski definition) is 0. The molecule has 4 rings (SSSR count). The maximum absolute atomic E-state index is 13.1. The summed E-state index contributed by atoms with van der Waals surface area (Å²) in [5.41, 5.74) is 2.41. The molecule has 2 saturated heterocycles. The number of nitrogens with zero attached hydrogens (tertiary/aromatic N) is 2. The zero-order valence-corrected chi connectivity index (χ0v) is 15.3. The summed E-state index contributed by atoms with van der Waals surface area (Å²) in [6.07, 6.45) is 0.730. The van der Waals surface area contributed by atoms with Gasteiger partial charge in [-0.25, -0.2) is 0 Å². The van der Waals surface area contributed by atoms with Crippen LogP contribution in [0.15, 0.2) is 54.6 Å². The van der Waals surface area contributed by atoms with Crippen molar-refractivity contribution in [3.05, 3.63) is 71.3 Å². The third-order valence-electron chi connectivity index (χ3n) is 6.06. The van der Waals surface area contributed by atoms with E-state index in [0.29, 0.717) is 13.1 Å². The highest BCUT2D eigenvalue weighted by Gasteiger charge is 2.57. The van der Waals surface area contributed by atoms with Crippen LogP contribution in [0, 0.1) is 12.3 Å². The number of carbonyl (C=O) groups excluding carboxylic acids is 2. The molecule has 0 radical (unpaired) electrons. The summed E-state index contributed by atoms with van der Waals surface area (Å²) >= 11 is 0. The number of rotatable bonds is 2. The fourth-order valence-corrected chi connectivity index (χ4v) is 4.62. The molecule has 2 aliphatic heterocycles. The predicted octanol–water partition coefficient (Wildman–Crippen LogP) is 3.08. The maximum atomic E-state index is 13.1. The van der Waals surface area contributed by atoms with Gasteiger partial charge >= 0.3 is 0 Å². The summed E-state index contributed by atoms with van der Waals surface area (Å²) in [6, 6.07) is 17.9. The number of carbonyl (C=O) groups is 2. The highest BCUT2D eigenvalue weighted by molar-refractivity contribution is 5.97. The molecule has 4 heteroatoms. The van der Waals surface area contributed by atoms with Gasteiger partial charge < -0.3 is 9.80 Å². The average Bonchev–Trinajstić information content (AvgIpc) is 3.21. The molecule has 2 aromatic rings. The van der Waals surface area contributed by atoms with Crippen molar-refractivity contribution < 1.29 is 9.59 Å². The minimum atomic E-state index is -0.492. The van der Waals surface area contributed by atoms with E-state index in [9.17, 15) is 9.59 Å². The van der Waals surface area contributed by atoms with Crippen LogP contribution >= 0.6 is 0 Å². The fraction of sp³-hybridized carbons (Fsp3) is 0.364. The van der Waals surface area contributed by atoms with Crippen molar-refractivity contribution in [2.45, 2.75) is 19.3 Å². The molecule has 2 fully saturated rings. The molecule has 134 valence electrons. The topological polar surface area (TPSA) is 40.6 Å². The van der Waals surface area contributed by atoms with Crippen molar-refractivity contribution in [3.63, 3.8) is 0 Å². The number of amides is 2. The number of hydrogen-bond acceptors (Lipinski definition) is 2. The number of likely N-dealkylation sites (N-methyl/N-ethyl adjacent to an activating group) is 1. The van der Waals surface area contributed by atoms with E-state index in [1.165, 1.54) is 5.56 Å². The summed E-state index contributed by atoms with van der Waals surface area (Å²) in [7, 11) is 1.87. The van der Waals surface area contributed by atoms with Gasteiger partial charge in [0, 0.05) is 38.2 Å². The number of aryl methyl sites for hydroxylation is 1. The predicted molar refractivity (Wildman–Crippen MR) is 101 cm³/mol. The van der Waals surface area contributed by atoms with Crippen LogP contribution in [0.2, 0.25) is 0 Å². The van der Waals surface area contributed by atoms with Gasteiger partial charge in [-0.15, -0.1) is 0 Å². The van der Waals surface area contributed by atoms with Gasteiger partial charge in [0.05, 0.1) is 5.41 Å². The summed E-state index contributed by atoms with van der Waals surface area (Å²) < 4.78 is 0. The lowest BCUT2D eigenvalue weighted by Gasteiger charge is -2.28. The normalized spacial score (nSPS) is 25.3. The van der Waals surface area contributed by atoms with E-state index in [4.69, 9.17) is 0 Å². The highest BCUT2D eigenvalue weighted by Crippen LogP contribution is 2.49. The first-order chi connectivity index (χ1) is 12.5. The van der Waals surface area contributed by atoms with Gasteiger partial charge in [-0.2, -0.15) is 0 Å². The minimum Gasteiger partial charge on any atom is -0.345 e. The van der Waals surface area contributed by atoms with Crippen LogP contribution in [0.25, 0.3) is 0 Å². The molecule has 0 unspecified atom stereocenters. The van der Waals surface area contributed by atoms with Crippen molar-refractivity contribution >= 4 is 11.8 Å². The molecule has 1 spiro atoms. The van der Waals surface area contributed by atoms with Crippen LogP contribution in [-0.2, 0) is 4.79 Å². The Bertz CT molecular complexity index is 848. The van der Waals surface area contributed by atoms with Gasteiger partial charge in [0.25, 0.3) is 5.91 Å². The first-order valence-electron chi connectivity index (χ1n) is 9.18. The van der Waals surface area contributed by atoms with Crippen molar-refractivity contribution in [3.8, 4) is 0 Å². The Hall–Kier alpha value is -2.62. The summed E-state index contributed by atoms with van der Waals surface area (Å²) in [5, 5.41) is 0. The Morgan fingerprint density at radius 1 is 1.08 bits per heavy atom. The minimum absolute atomic E-state index is 0.0362. The molecule has 0 N–H and O–H groups in total. The van der Waals surface area contributed by atoms with Crippen molar-refractivity contribution in [2.75, 3.05) is 26.7 Å². The second-order valence-corrected chi connectivity index (χ2v) is 7.60. The Labute approximate surface area is 154 Å². The van der Waals surface area contributed by atoms with E-state index in [-0.39, 0.29) is 17.7 Å². The Balaban J connectivity index is 1.65. The molecule has 2 atom stereocenters. The van der Waals surface area contributed by atoms with E-state index >= 15 is 0 Å². The molecular weight excluding hydrogens is 324 g/mol. The van der Waals surface area contributed by atoms with Gasteiger partial charge in [0.15, 0.2) is 0 Å². The van der Waals surface area contributed by atoms with Crippen LogP contribution in [0.3, 0.4) is 0 Å². The highest BCUT2D eigenvalue weighted by atomic mass is 16.2. The SMILES string of the molecule is Cc1ccccc1C(=O)N1CC[C@@]2(C1)C(=O)N(C)C[C@@H]2c1ccccc1. The maximum Gasteiger partial charge on any atom is 0.254 e. The van der Waals surface area contributed by atoms with E-state index in [1.807, 2.05) is 66.2 Å². The molecule has 26 heavy (non-hydrogen) atoms. The molecule has 2 amide bonds.